The highest BCUT2D eigenvalue weighted by atomic mass is 16.9. The van der Waals surface area contributed by atoms with Gasteiger partial charge in [0.1, 0.15) is 5.60 Å². The molecule has 2 aliphatic rings. The van der Waals surface area contributed by atoms with Gasteiger partial charge in [0.25, 0.3) is 0 Å². The Kier molecular flexibility index (Phi) is 2.56. The van der Waals surface area contributed by atoms with Crippen molar-refractivity contribution >= 4 is 11.6 Å². The normalized spacial score (nSPS) is 51.2. The highest BCUT2D eigenvalue weighted by Gasteiger charge is 2.73. The minimum Gasteiger partial charge on any atom is -0.361 e. The fraction of sp³-hybridized carbons (Fsp3) is 0.833. The molecule has 0 bridgehead atoms. The van der Waals surface area contributed by atoms with Crippen LogP contribution in [0.4, 0.5) is 0 Å². The van der Waals surface area contributed by atoms with Gasteiger partial charge in [-0.05, 0) is 27.7 Å². The second kappa shape index (κ2) is 3.39. The van der Waals surface area contributed by atoms with Gasteiger partial charge in [0.2, 0.25) is 17.4 Å². The van der Waals surface area contributed by atoms with Crippen LogP contribution >= 0.6 is 0 Å². The summed E-state index contributed by atoms with van der Waals surface area (Å²) in [6, 6.07) is 0. The van der Waals surface area contributed by atoms with Crippen molar-refractivity contribution in [3.05, 3.63) is 0 Å². The predicted octanol–water partition coefficient (Wildman–Crippen LogP) is 0.511. The van der Waals surface area contributed by atoms with E-state index in [1.807, 2.05) is 0 Å². The molecule has 2 rings (SSSR count). The largest absolute Gasteiger partial charge is 0.361 e. The van der Waals surface area contributed by atoms with E-state index in [1.165, 1.54) is 27.7 Å². The highest BCUT2D eigenvalue weighted by molar-refractivity contribution is 5.86. The van der Waals surface area contributed by atoms with Crippen LogP contribution in [0.3, 0.4) is 0 Å². The van der Waals surface area contributed by atoms with Crippen LogP contribution in [-0.2, 0) is 23.8 Å². The van der Waals surface area contributed by atoms with E-state index in [-0.39, 0.29) is 18.0 Å². The van der Waals surface area contributed by atoms with Crippen LogP contribution in [0.1, 0.15) is 41.0 Å². The molecule has 18 heavy (non-hydrogen) atoms. The molecule has 0 aromatic rings. The minimum absolute atomic E-state index is 0.0747. The monoisotopic (exact) mass is 258 g/mol. The Labute approximate surface area is 105 Å². The maximum absolute atomic E-state index is 11.6. The van der Waals surface area contributed by atoms with Crippen LogP contribution < -0.4 is 0 Å². The smallest absolute Gasteiger partial charge is 0.231 e. The zero-order chi connectivity index (χ0) is 14.0. The van der Waals surface area contributed by atoms with Gasteiger partial charge in [0, 0.05) is 13.3 Å². The molecule has 4 atom stereocenters. The maximum atomic E-state index is 11.6. The Balaban J connectivity index is 2.37. The molecule has 2 fully saturated rings. The fourth-order valence-corrected chi connectivity index (χ4v) is 2.45. The molecule has 0 radical (unpaired) electrons. The summed E-state index contributed by atoms with van der Waals surface area (Å²) in [4.78, 5) is 23.1. The summed E-state index contributed by atoms with van der Waals surface area (Å²) in [7, 11) is 0. The summed E-state index contributed by atoms with van der Waals surface area (Å²) in [5.74, 6) is -5.51. The van der Waals surface area contributed by atoms with Crippen molar-refractivity contribution in [3.63, 3.8) is 0 Å². The quantitative estimate of drug-likeness (QED) is 0.777. The van der Waals surface area contributed by atoms with Gasteiger partial charge in [0.15, 0.2) is 11.6 Å². The van der Waals surface area contributed by atoms with Gasteiger partial charge in [-0.3, -0.25) is 9.59 Å². The molecule has 0 aliphatic carbocycles. The van der Waals surface area contributed by atoms with E-state index >= 15 is 0 Å². The number of ether oxygens (including phenoxy) is 3. The van der Waals surface area contributed by atoms with Crippen molar-refractivity contribution in [2.45, 2.75) is 64.0 Å². The molecule has 1 N–H and O–H groups in total. The van der Waals surface area contributed by atoms with E-state index in [4.69, 9.17) is 14.2 Å². The Morgan fingerprint density at radius 1 is 1.00 bits per heavy atom. The van der Waals surface area contributed by atoms with Crippen LogP contribution in [0.15, 0.2) is 0 Å². The third-order valence-electron chi connectivity index (χ3n) is 3.84. The molecule has 2 saturated heterocycles. The summed E-state index contributed by atoms with van der Waals surface area (Å²) >= 11 is 0. The lowest BCUT2D eigenvalue weighted by Crippen LogP contribution is -2.45. The third-order valence-corrected chi connectivity index (χ3v) is 3.84. The number of ketones is 2. The van der Waals surface area contributed by atoms with Crippen molar-refractivity contribution in [1.29, 1.82) is 0 Å². The first-order chi connectivity index (χ1) is 7.97. The second-order valence-corrected chi connectivity index (χ2v) is 5.50. The molecule has 0 amide bonds. The first kappa shape index (κ1) is 13.6. The molecule has 102 valence electrons. The van der Waals surface area contributed by atoms with Gasteiger partial charge in [-0.15, -0.1) is 0 Å². The van der Waals surface area contributed by atoms with Gasteiger partial charge in [-0.1, -0.05) is 0 Å². The zero-order valence-electron chi connectivity index (χ0n) is 11.2. The van der Waals surface area contributed by atoms with E-state index in [2.05, 4.69) is 0 Å². The van der Waals surface area contributed by atoms with Crippen LogP contribution in [-0.4, -0.2) is 39.6 Å². The zero-order valence-corrected chi connectivity index (χ0v) is 11.2. The van der Waals surface area contributed by atoms with E-state index in [0.717, 1.165) is 0 Å². The average molecular weight is 258 g/mol. The summed E-state index contributed by atoms with van der Waals surface area (Å²) in [5.41, 5.74) is -1.18. The van der Waals surface area contributed by atoms with E-state index < -0.39 is 23.0 Å². The number of hydrogen-bond donors (Lipinski definition) is 1. The molecular formula is C12H18O6. The number of aliphatic hydroxyl groups is 1. The molecular weight excluding hydrogens is 240 g/mol. The Morgan fingerprint density at radius 3 is 1.94 bits per heavy atom. The highest BCUT2D eigenvalue weighted by Crippen LogP contribution is 2.55. The number of hydrogen-bond acceptors (Lipinski definition) is 6. The van der Waals surface area contributed by atoms with E-state index in [9.17, 15) is 14.7 Å². The summed E-state index contributed by atoms with van der Waals surface area (Å²) < 4.78 is 16.4. The molecule has 6 heteroatoms. The lowest BCUT2D eigenvalue weighted by Gasteiger charge is -2.29. The van der Waals surface area contributed by atoms with Crippen molar-refractivity contribution < 1.29 is 28.9 Å². The molecule has 0 aromatic heterocycles. The number of carbonyl (C=O) groups is 2. The van der Waals surface area contributed by atoms with Crippen molar-refractivity contribution in [2.75, 3.05) is 0 Å². The van der Waals surface area contributed by atoms with Gasteiger partial charge >= 0.3 is 0 Å². The summed E-state index contributed by atoms with van der Waals surface area (Å²) in [6.45, 7) is 7.13. The van der Waals surface area contributed by atoms with E-state index in [0.29, 0.717) is 0 Å². The predicted molar refractivity (Wildman–Crippen MR) is 59.4 cm³/mol. The maximum Gasteiger partial charge on any atom is 0.231 e. The number of carbonyl (C=O) groups excluding carboxylic acids is 2. The Hall–Kier alpha value is -0.820. The van der Waals surface area contributed by atoms with Crippen LogP contribution in [0.5, 0.6) is 0 Å². The molecule has 0 spiro atoms. The van der Waals surface area contributed by atoms with Gasteiger partial charge in [-0.25, -0.2) is 0 Å². The first-order valence-corrected chi connectivity index (χ1v) is 5.81. The SMILES string of the molecule is CC(=O)[C@]1(C)OC2(O)C[C@](C)(C(C)=O)O[C@]2(C)O1. The molecule has 0 saturated carbocycles. The number of Topliss-reactive ketones (excluding diaryl/α,β-unsaturated/α-hetero) is 2. The lowest BCUT2D eigenvalue weighted by molar-refractivity contribution is -0.271. The van der Waals surface area contributed by atoms with Crippen LogP contribution in [0, 0.1) is 0 Å². The lowest BCUT2D eigenvalue weighted by atomic mass is 9.94. The number of rotatable bonds is 2. The molecule has 2 aliphatic heterocycles. The van der Waals surface area contributed by atoms with Crippen molar-refractivity contribution in [3.8, 4) is 0 Å². The second-order valence-electron chi connectivity index (χ2n) is 5.50. The van der Waals surface area contributed by atoms with E-state index in [1.54, 1.807) is 6.92 Å². The van der Waals surface area contributed by atoms with Crippen LogP contribution in [0.25, 0.3) is 0 Å². The molecule has 1 unspecified atom stereocenters. The fourth-order valence-electron chi connectivity index (χ4n) is 2.45. The average Bonchev–Trinajstić information content (AvgIpc) is 2.43. The Bertz CT molecular complexity index is 374. The summed E-state index contributed by atoms with van der Waals surface area (Å²) in [6.07, 6.45) is -0.0747. The third kappa shape index (κ3) is 1.56. The topological polar surface area (TPSA) is 82.1 Å². The van der Waals surface area contributed by atoms with Crippen LogP contribution in [0.2, 0.25) is 0 Å². The first-order valence-electron chi connectivity index (χ1n) is 5.81. The Morgan fingerprint density at radius 2 is 1.56 bits per heavy atom. The molecule has 2 heterocycles. The molecule has 6 nitrogen and oxygen atoms in total. The minimum atomic E-state index is -1.81. The van der Waals surface area contributed by atoms with Gasteiger partial charge < -0.3 is 19.3 Å². The van der Waals surface area contributed by atoms with Gasteiger partial charge in [0.05, 0.1) is 0 Å². The summed E-state index contributed by atoms with van der Waals surface area (Å²) in [5, 5.41) is 10.5. The van der Waals surface area contributed by atoms with Crippen molar-refractivity contribution in [1.82, 2.24) is 0 Å². The number of fused-ring (bicyclic) bond motifs is 1. The van der Waals surface area contributed by atoms with Gasteiger partial charge in [-0.2, -0.15) is 0 Å². The standard InChI is InChI=1S/C12H18O6/c1-7(13)9(3)6-12(15)11(5,16-9)17-10(4,18-12)8(2)14/h15H,6H2,1-5H3/t9-,10+,11-,12?/m1/s1. The van der Waals surface area contributed by atoms with Crippen molar-refractivity contribution in [2.24, 2.45) is 0 Å². The molecule has 0 aromatic carbocycles.